The topological polar surface area (TPSA) is 70.4 Å². The number of urea groups is 1. The normalized spacial score (nSPS) is 20.0. The molecule has 0 saturated carbocycles. The number of aromatic nitrogens is 4. The van der Waals surface area contributed by atoms with Gasteiger partial charge in [0.2, 0.25) is 0 Å². The Morgan fingerprint density at radius 1 is 1.00 bits per heavy atom. The maximum absolute atomic E-state index is 12.5. The molecule has 1 aromatic heterocycles. The Labute approximate surface area is 137 Å². The zero-order valence-corrected chi connectivity index (χ0v) is 14.0. The molecule has 3 rings (SSSR count). The minimum absolute atomic E-state index is 0.222. The summed E-state index contributed by atoms with van der Waals surface area (Å²) >= 11 is 0. The van der Waals surface area contributed by atoms with Crippen molar-refractivity contribution in [1.82, 2.24) is 34.9 Å². The Hall–Kier alpha value is -1.70. The summed E-state index contributed by atoms with van der Waals surface area (Å²) in [5.41, 5.74) is 0. The molecule has 0 aliphatic carbocycles. The largest absolute Gasteiger partial charge is 0.325 e. The summed E-state index contributed by atoms with van der Waals surface area (Å²) in [6.07, 6.45) is 4.57. The molecule has 2 fully saturated rings. The van der Waals surface area contributed by atoms with Gasteiger partial charge in [-0.2, -0.15) is 0 Å². The highest BCUT2D eigenvalue weighted by Crippen LogP contribution is 2.13. The molecule has 0 radical (unpaired) electrons. The van der Waals surface area contributed by atoms with E-state index in [4.69, 9.17) is 0 Å². The Morgan fingerprint density at radius 3 is 2.39 bits per heavy atom. The van der Waals surface area contributed by atoms with Gasteiger partial charge in [0, 0.05) is 45.8 Å². The number of likely N-dealkylation sites (tertiary alicyclic amines) is 1. The number of tetrazole rings is 1. The summed E-state index contributed by atoms with van der Waals surface area (Å²) < 4.78 is 1.88. The average Bonchev–Trinajstić information content (AvgIpc) is 3.03. The summed E-state index contributed by atoms with van der Waals surface area (Å²) in [5, 5.41) is 11.9. The molecule has 0 spiro atoms. The first-order chi connectivity index (χ1) is 11.3. The summed E-state index contributed by atoms with van der Waals surface area (Å²) in [4.78, 5) is 18.9. The fourth-order valence-corrected chi connectivity index (χ4v) is 3.30. The van der Waals surface area contributed by atoms with E-state index >= 15 is 0 Å². The molecule has 0 unspecified atom stereocenters. The Morgan fingerprint density at radius 2 is 1.70 bits per heavy atom. The van der Waals surface area contributed by atoms with Crippen molar-refractivity contribution in [1.29, 1.82) is 0 Å². The van der Waals surface area contributed by atoms with Crippen LogP contribution in [-0.4, -0.2) is 80.2 Å². The molecule has 8 nitrogen and oxygen atoms in total. The van der Waals surface area contributed by atoms with Crippen molar-refractivity contribution in [2.24, 2.45) is 0 Å². The number of piperazine rings is 1. The number of hydrogen-bond donors (Lipinski definition) is 0. The molecular weight excluding hydrogens is 294 g/mol. The number of carbonyl (C=O) groups excluding carboxylic acids is 1. The molecular formula is C15H27N7O. The number of piperidine rings is 1. The number of rotatable bonds is 4. The van der Waals surface area contributed by atoms with Gasteiger partial charge < -0.3 is 9.80 Å². The molecule has 0 N–H and O–H groups in total. The third-order valence-electron chi connectivity index (χ3n) is 4.68. The lowest BCUT2D eigenvalue weighted by Gasteiger charge is -2.38. The highest BCUT2D eigenvalue weighted by atomic mass is 16.2. The number of carbonyl (C=O) groups is 1. The van der Waals surface area contributed by atoms with Crippen LogP contribution in [0.1, 0.15) is 38.4 Å². The molecule has 2 aliphatic heterocycles. The van der Waals surface area contributed by atoms with Crippen molar-refractivity contribution in [3.8, 4) is 0 Å². The van der Waals surface area contributed by atoms with Gasteiger partial charge in [-0.25, -0.2) is 9.48 Å². The molecule has 0 bridgehead atoms. The van der Waals surface area contributed by atoms with E-state index in [1.165, 1.54) is 6.42 Å². The van der Waals surface area contributed by atoms with E-state index < -0.39 is 0 Å². The molecule has 2 saturated heterocycles. The Kier molecular flexibility index (Phi) is 5.43. The van der Waals surface area contributed by atoms with Crippen molar-refractivity contribution in [2.45, 2.75) is 45.7 Å². The Bertz CT molecular complexity index is 504. The minimum atomic E-state index is 0.222. The smallest absolute Gasteiger partial charge is 0.320 e. The van der Waals surface area contributed by atoms with E-state index in [1.54, 1.807) is 0 Å². The number of nitrogens with zero attached hydrogens (tertiary/aromatic N) is 7. The van der Waals surface area contributed by atoms with E-state index in [1.807, 2.05) is 14.5 Å². The van der Waals surface area contributed by atoms with Crippen LogP contribution in [0, 0.1) is 0 Å². The molecule has 8 heteroatoms. The molecule has 2 aliphatic rings. The molecule has 0 atom stereocenters. The first-order valence-corrected chi connectivity index (χ1v) is 8.79. The van der Waals surface area contributed by atoms with Crippen molar-refractivity contribution in [2.75, 3.05) is 39.3 Å². The molecule has 0 aromatic carbocycles. The van der Waals surface area contributed by atoms with Gasteiger partial charge in [-0.3, -0.25) is 4.90 Å². The predicted octanol–water partition coefficient (Wildman–Crippen LogP) is 0.807. The van der Waals surface area contributed by atoms with Crippen LogP contribution in [0.15, 0.2) is 0 Å². The zero-order valence-electron chi connectivity index (χ0n) is 14.0. The van der Waals surface area contributed by atoms with Gasteiger partial charge >= 0.3 is 6.03 Å². The molecule has 23 heavy (non-hydrogen) atoms. The molecule has 3 heterocycles. The summed E-state index contributed by atoms with van der Waals surface area (Å²) in [6.45, 7) is 8.95. The van der Waals surface area contributed by atoms with Crippen LogP contribution in [0.3, 0.4) is 0 Å². The second-order valence-corrected chi connectivity index (χ2v) is 6.41. The lowest BCUT2D eigenvalue weighted by molar-refractivity contribution is 0.103. The highest BCUT2D eigenvalue weighted by molar-refractivity contribution is 5.74. The third-order valence-corrected chi connectivity index (χ3v) is 4.68. The van der Waals surface area contributed by atoms with Gasteiger partial charge in [-0.1, -0.05) is 6.92 Å². The second kappa shape index (κ2) is 7.72. The van der Waals surface area contributed by atoms with Crippen LogP contribution in [0.25, 0.3) is 0 Å². The molecule has 1 aromatic rings. The zero-order chi connectivity index (χ0) is 16.1. The van der Waals surface area contributed by atoms with Crippen LogP contribution < -0.4 is 0 Å². The van der Waals surface area contributed by atoms with Gasteiger partial charge in [0.1, 0.15) is 0 Å². The Balaban J connectivity index is 1.48. The first-order valence-electron chi connectivity index (χ1n) is 8.79. The van der Waals surface area contributed by atoms with E-state index in [0.29, 0.717) is 0 Å². The SMILES string of the molecule is CCCn1nnnc1CN1CCN(C(=O)N2CCCCC2)CC1. The number of aryl methyl sites for hydroxylation is 1. The first kappa shape index (κ1) is 16.2. The highest BCUT2D eigenvalue weighted by Gasteiger charge is 2.26. The molecule has 128 valence electrons. The third kappa shape index (κ3) is 3.99. The van der Waals surface area contributed by atoms with Crippen LogP contribution in [0.5, 0.6) is 0 Å². The summed E-state index contributed by atoms with van der Waals surface area (Å²) in [5.74, 6) is 0.919. The van der Waals surface area contributed by atoms with Crippen molar-refractivity contribution in [3.05, 3.63) is 5.82 Å². The van der Waals surface area contributed by atoms with E-state index in [0.717, 1.165) is 77.4 Å². The number of amides is 2. The van der Waals surface area contributed by atoms with Gasteiger partial charge in [0.05, 0.1) is 6.54 Å². The monoisotopic (exact) mass is 321 g/mol. The lowest BCUT2D eigenvalue weighted by Crippen LogP contribution is -2.53. The van der Waals surface area contributed by atoms with Gasteiger partial charge in [0.25, 0.3) is 0 Å². The maximum atomic E-state index is 12.5. The summed E-state index contributed by atoms with van der Waals surface area (Å²) in [6, 6.07) is 0.222. The fraction of sp³-hybridized carbons (Fsp3) is 0.867. The van der Waals surface area contributed by atoms with Crippen LogP contribution in [0.4, 0.5) is 4.79 Å². The van der Waals surface area contributed by atoms with Gasteiger partial charge in [-0.15, -0.1) is 5.10 Å². The van der Waals surface area contributed by atoms with Crippen LogP contribution in [-0.2, 0) is 13.1 Å². The fourth-order valence-electron chi connectivity index (χ4n) is 3.30. The predicted molar refractivity (Wildman–Crippen MR) is 85.8 cm³/mol. The molecule has 2 amide bonds. The van der Waals surface area contributed by atoms with Crippen molar-refractivity contribution >= 4 is 6.03 Å². The van der Waals surface area contributed by atoms with Crippen LogP contribution in [0.2, 0.25) is 0 Å². The quantitative estimate of drug-likeness (QED) is 0.820. The average molecular weight is 321 g/mol. The maximum Gasteiger partial charge on any atom is 0.320 e. The van der Waals surface area contributed by atoms with E-state index in [-0.39, 0.29) is 6.03 Å². The van der Waals surface area contributed by atoms with Gasteiger partial charge in [0.15, 0.2) is 5.82 Å². The van der Waals surface area contributed by atoms with Crippen molar-refractivity contribution < 1.29 is 4.79 Å². The van der Waals surface area contributed by atoms with E-state index in [9.17, 15) is 4.79 Å². The van der Waals surface area contributed by atoms with Crippen LogP contribution >= 0.6 is 0 Å². The lowest BCUT2D eigenvalue weighted by atomic mass is 10.1. The minimum Gasteiger partial charge on any atom is -0.325 e. The second-order valence-electron chi connectivity index (χ2n) is 6.41. The summed E-state index contributed by atoms with van der Waals surface area (Å²) in [7, 11) is 0. The van der Waals surface area contributed by atoms with E-state index in [2.05, 4.69) is 27.3 Å². The van der Waals surface area contributed by atoms with Gasteiger partial charge in [-0.05, 0) is 36.1 Å². The number of hydrogen-bond acceptors (Lipinski definition) is 5. The van der Waals surface area contributed by atoms with Crippen molar-refractivity contribution in [3.63, 3.8) is 0 Å². The standard InChI is InChI=1S/C15H27N7O/c1-2-6-22-14(16-17-18-22)13-19-9-11-21(12-10-19)15(23)20-7-4-3-5-8-20/h2-13H2,1H3.